The van der Waals surface area contributed by atoms with Gasteiger partial charge >= 0.3 is 0 Å². The summed E-state index contributed by atoms with van der Waals surface area (Å²) in [5.74, 6) is 0. The molecule has 6 nitrogen and oxygen atoms in total. The third kappa shape index (κ3) is 3.21. The van der Waals surface area contributed by atoms with Crippen LogP contribution in [0.5, 0.6) is 0 Å². The van der Waals surface area contributed by atoms with Crippen molar-refractivity contribution in [2.24, 2.45) is 7.05 Å². The second-order valence-corrected chi connectivity index (χ2v) is 7.11. The molecular weight excluding hydrogens is 286 g/mol. The minimum atomic E-state index is -3.70. The zero-order valence-corrected chi connectivity index (χ0v) is 12.2. The number of nitrogens with zero attached hydrogens (tertiary/aromatic N) is 2. The highest BCUT2D eigenvalue weighted by atomic mass is 32.2. The zero-order valence-electron chi connectivity index (χ0n) is 10.6. The summed E-state index contributed by atoms with van der Waals surface area (Å²) in [6.07, 6.45) is 2.81. The molecule has 104 valence electrons. The standard InChI is InChI=1S/C11H15N3O3S2/c1-11(15,9-4-3-5-18-9)7-13-19(16,17)10-6-14(2)8-12-10/h3-6,8,13,15H,7H2,1-2H3. The molecule has 0 fully saturated rings. The van der Waals surface area contributed by atoms with Gasteiger partial charge in [-0.15, -0.1) is 11.3 Å². The Morgan fingerprint density at radius 1 is 1.58 bits per heavy atom. The Labute approximate surface area is 115 Å². The lowest BCUT2D eigenvalue weighted by atomic mass is 10.1. The lowest BCUT2D eigenvalue weighted by molar-refractivity contribution is 0.0666. The maximum absolute atomic E-state index is 12.0. The van der Waals surface area contributed by atoms with Crippen LogP contribution >= 0.6 is 11.3 Å². The summed E-state index contributed by atoms with van der Waals surface area (Å²) < 4.78 is 27.9. The number of hydrogen-bond donors (Lipinski definition) is 2. The molecule has 2 aromatic heterocycles. The predicted octanol–water partition coefficient (Wildman–Crippen LogP) is 0.668. The molecule has 1 unspecified atom stereocenters. The molecule has 0 aliphatic heterocycles. The number of hydrogen-bond acceptors (Lipinski definition) is 5. The van der Waals surface area contributed by atoms with E-state index in [4.69, 9.17) is 0 Å². The number of aryl methyl sites for hydroxylation is 1. The fraction of sp³-hybridized carbons (Fsp3) is 0.364. The van der Waals surface area contributed by atoms with Gasteiger partial charge in [0.15, 0.2) is 5.03 Å². The summed E-state index contributed by atoms with van der Waals surface area (Å²) in [5.41, 5.74) is -1.24. The molecule has 2 rings (SSSR count). The fourth-order valence-corrected chi connectivity index (χ4v) is 3.41. The van der Waals surface area contributed by atoms with Crippen molar-refractivity contribution in [3.8, 4) is 0 Å². The Balaban J connectivity index is 2.10. The smallest absolute Gasteiger partial charge is 0.259 e. The van der Waals surface area contributed by atoms with Gasteiger partial charge in [0.1, 0.15) is 5.60 Å². The summed E-state index contributed by atoms with van der Waals surface area (Å²) in [6, 6.07) is 3.57. The minimum Gasteiger partial charge on any atom is -0.383 e. The summed E-state index contributed by atoms with van der Waals surface area (Å²) >= 11 is 1.38. The van der Waals surface area contributed by atoms with Gasteiger partial charge in [0.25, 0.3) is 10.0 Å². The molecule has 0 saturated heterocycles. The van der Waals surface area contributed by atoms with E-state index >= 15 is 0 Å². The van der Waals surface area contributed by atoms with Crippen LogP contribution in [0.3, 0.4) is 0 Å². The maximum atomic E-state index is 12.0. The van der Waals surface area contributed by atoms with Gasteiger partial charge in [-0.05, 0) is 18.4 Å². The molecule has 0 spiro atoms. The number of nitrogens with one attached hydrogen (secondary N) is 1. The van der Waals surface area contributed by atoms with Gasteiger partial charge in [-0.25, -0.2) is 18.1 Å². The van der Waals surface area contributed by atoms with Gasteiger partial charge < -0.3 is 9.67 Å². The normalized spacial score (nSPS) is 15.3. The molecule has 8 heteroatoms. The van der Waals surface area contributed by atoms with Gasteiger partial charge in [-0.3, -0.25) is 0 Å². The van der Waals surface area contributed by atoms with E-state index in [9.17, 15) is 13.5 Å². The first-order valence-corrected chi connectivity index (χ1v) is 7.91. The van der Waals surface area contributed by atoms with Crippen molar-refractivity contribution in [3.05, 3.63) is 34.9 Å². The molecule has 0 radical (unpaired) electrons. The first kappa shape index (κ1) is 14.2. The highest BCUT2D eigenvalue weighted by Crippen LogP contribution is 2.24. The first-order valence-electron chi connectivity index (χ1n) is 5.55. The molecule has 1 atom stereocenters. The first-order chi connectivity index (χ1) is 8.81. The van der Waals surface area contributed by atoms with Crippen LogP contribution in [-0.4, -0.2) is 29.6 Å². The van der Waals surface area contributed by atoms with E-state index in [0.717, 1.165) is 0 Å². The molecule has 2 N–H and O–H groups in total. The van der Waals surface area contributed by atoms with Gasteiger partial charge in [0, 0.05) is 24.7 Å². The Morgan fingerprint density at radius 2 is 2.32 bits per heavy atom. The Hall–Kier alpha value is -1.22. The largest absolute Gasteiger partial charge is 0.383 e. The van der Waals surface area contributed by atoms with Crippen LogP contribution in [0, 0.1) is 0 Å². The maximum Gasteiger partial charge on any atom is 0.259 e. The van der Waals surface area contributed by atoms with Gasteiger partial charge in [-0.2, -0.15) is 0 Å². The minimum absolute atomic E-state index is 0.0584. The van der Waals surface area contributed by atoms with Gasteiger partial charge in [0.2, 0.25) is 0 Å². The van der Waals surface area contributed by atoms with E-state index in [1.54, 1.807) is 24.6 Å². The van der Waals surface area contributed by atoms with Crippen LogP contribution in [0.1, 0.15) is 11.8 Å². The van der Waals surface area contributed by atoms with Crippen molar-refractivity contribution in [2.75, 3.05) is 6.54 Å². The van der Waals surface area contributed by atoms with Gasteiger partial charge in [-0.1, -0.05) is 6.07 Å². The summed E-state index contributed by atoms with van der Waals surface area (Å²) in [6.45, 7) is 1.46. The number of aromatic nitrogens is 2. The number of thiophene rings is 1. The average Bonchev–Trinajstić information content (AvgIpc) is 2.97. The second-order valence-electron chi connectivity index (χ2n) is 4.45. The molecule has 0 saturated carbocycles. The van der Waals surface area contributed by atoms with Crippen molar-refractivity contribution < 1.29 is 13.5 Å². The third-order valence-electron chi connectivity index (χ3n) is 2.61. The second kappa shape index (κ2) is 5.04. The molecule has 0 aromatic carbocycles. The van der Waals surface area contributed by atoms with E-state index in [2.05, 4.69) is 9.71 Å². The van der Waals surface area contributed by atoms with Crippen LogP contribution in [-0.2, 0) is 22.7 Å². The number of aliphatic hydroxyl groups is 1. The molecule has 2 heterocycles. The van der Waals surface area contributed by atoms with E-state index in [0.29, 0.717) is 4.88 Å². The SMILES string of the molecule is Cn1cnc(S(=O)(=O)NCC(C)(O)c2cccs2)c1. The number of rotatable bonds is 5. The summed E-state index contributed by atoms with van der Waals surface area (Å²) in [4.78, 5) is 4.49. The topological polar surface area (TPSA) is 84.2 Å². The molecule has 19 heavy (non-hydrogen) atoms. The van der Waals surface area contributed by atoms with E-state index in [-0.39, 0.29) is 11.6 Å². The summed E-state index contributed by atoms with van der Waals surface area (Å²) in [7, 11) is -2.01. The Kier molecular flexibility index (Phi) is 3.77. The molecule has 2 aromatic rings. The van der Waals surface area contributed by atoms with Crippen molar-refractivity contribution in [2.45, 2.75) is 17.6 Å². The fourth-order valence-electron chi connectivity index (χ4n) is 1.51. The number of sulfonamides is 1. The van der Waals surface area contributed by atoms with Crippen LogP contribution in [0.2, 0.25) is 0 Å². The molecule has 0 aliphatic carbocycles. The lowest BCUT2D eigenvalue weighted by Gasteiger charge is -2.21. The highest BCUT2D eigenvalue weighted by Gasteiger charge is 2.27. The predicted molar refractivity (Wildman–Crippen MR) is 72.3 cm³/mol. The Bertz CT molecular complexity index is 645. The molecule has 0 bridgehead atoms. The molecule has 0 aliphatic rings. The van der Waals surface area contributed by atoms with E-state index < -0.39 is 15.6 Å². The van der Waals surface area contributed by atoms with E-state index in [1.807, 2.05) is 11.4 Å². The van der Waals surface area contributed by atoms with Crippen LogP contribution in [0.25, 0.3) is 0 Å². The lowest BCUT2D eigenvalue weighted by Crippen LogP contribution is -2.38. The zero-order chi connectivity index (χ0) is 14.1. The summed E-state index contributed by atoms with van der Waals surface area (Å²) in [5, 5.41) is 12.0. The third-order valence-corrected chi connectivity index (χ3v) is 5.02. The van der Waals surface area contributed by atoms with Crippen molar-refractivity contribution in [3.63, 3.8) is 0 Å². The van der Waals surface area contributed by atoms with Crippen LogP contribution in [0.4, 0.5) is 0 Å². The molecular formula is C11H15N3O3S2. The van der Waals surface area contributed by atoms with Crippen molar-refractivity contribution in [1.29, 1.82) is 0 Å². The average molecular weight is 301 g/mol. The Morgan fingerprint density at radius 3 is 2.84 bits per heavy atom. The van der Waals surface area contributed by atoms with E-state index in [1.165, 1.54) is 23.9 Å². The highest BCUT2D eigenvalue weighted by molar-refractivity contribution is 7.89. The quantitative estimate of drug-likeness (QED) is 0.850. The number of imidazole rings is 1. The van der Waals surface area contributed by atoms with Gasteiger partial charge in [0.05, 0.1) is 6.33 Å². The molecule has 0 amide bonds. The van der Waals surface area contributed by atoms with Crippen LogP contribution < -0.4 is 4.72 Å². The van der Waals surface area contributed by atoms with Crippen molar-refractivity contribution >= 4 is 21.4 Å². The monoisotopic (exact) mass is 301 g/mol. The van der Waals surface area contributed by atoms with Crippen molar-refractivity contribution in [1.82, 2.24) is 14.3 Å². The van der Waals surface area contributed by atoms with Crippen LogP contribution in [0.15, 0.2) is 35.1 Å².